The Morgan fingerprint density at radius 1 is 0.895 bits per heavy atom. The van der Waals surface area contributed by atoms with Crippen LogP contribution in [0, 0.1) is 0 Å². The largest absolute Gasteiger partial charge is 0.240 e. The molecule has 3 heteroatoms. The van der Waals surface area contributed by atoms with Gasteiger partial charge in [-0.2, -0.15) is 5.10 Å². The van der Waals surface area contributed by atoms with E-state index in [1.54, 1.807) is 0 Å². The number of hydrogen-bond acceptors (Lipinski definition) is 1. The Hall–Kier alpha value is -1.87. The zero-order valence-corrected chi connectivity index (χ0v) is 11.9. The van der Waals surface area contributed by atoms with E-state index in [4.69, 9.17) is 0 Å². The van der Waals surface area contributed by atoms with Crippen LogP contribution in [0.5, 0.6) is 0 Å². The van der Waals surface area contributed by atoms with Crippen molar-refractivity contribution in [3.63, 3.8) is 0 Å². The van der Waals surface area contributed by atoms with Gasteiger partial charge in [0.25, 0.3) is 0 Å². The number of nitrogens with zero attached hydrogens (tertiary/aromatic N) is 2. The summed E-state index contributed by atoms with van der Waals surface area (Å²) < 4.78 is 1.90. The minimum Gasteiger partial charge on any atom is -0.240 e. The summed E-state index contributed by atoms with van der Waals surface area (Å²) in [5.41, 5.74) is 4.65. The molecule has 3 aromatic rings. The quantitative estimate of drug-likeness (QED) is 0.654. The first kappa shape index (κ1) is 12.2. The number of rotatable bonds is 3. The molecule has 0 aliphatic heterocycles. The number of halogens is 1. The van der Waals surface area contributed by atoms with Crippen LogP contribution >= 0.6 is 15.9 Å². The molecule has 0 aliphatic rings. The Bertz CT molecular complexity index is 657. The Kier molecular flexibility index (Phi) is 3.47. The normalized spacial score (nSPS) is 10.6. The summed E-state index contributed by atoms with van der Waals surface area (Å²) in [7, 11) is 0. The van der Waals surface area contributed by atoms with Crippen LogP contribution in [0.15, 0.2) is 67.0 Å². The Morgan fingerprint density at radius 3 is 2.32 bits per heavy atom. The zero-order valence-electron chi connectivity index (χ0n) is 10.3. The Morgan fingerprint density at radius 2 is 1.63 bits per heavy atom. The van der Waals surface area contributed by atoms with Gasteiger partial charge in [0.05, 0.1) is 11.9 Å². The lowest BCUT2D eigenvalue weighted by Crippen LogP contribution is -1.93. The molecule has 1 heterocycles. The van der Waals surface area contributed by atoms with Crippen LogP contribution in [0.3, 0.4) is 0 Å². The van der Waals surface area contributed by atoms with E-state index in [1.165, 1.54) is 11.1 Å². The highest BCUT2D eigenvalue weighted by atomic mass is 79.9. The number of hydrogen-bond donors (Lipinski definition) is 0. The van der Waals surface area contributed by atoms with Crippen molar-refractivity contribution in [2.24, 2.45) is 0 Å². The predicted octanol–water partition coefficient (Wildman–Crippen LogP) is 4.43. The summed E-state index contributed by atoms with van der Waals surface area (Å²) in [6, 6.07) is 18.7. The summed E-state index contributed by atoms with van der Waals surface area (Å²) in [4.78, 5) is 0. The second-order valence-corrected chi connectivity index (χ2v) is 4.90. The molecule has 0 amide bonds. The van der Waals surface area contributed by atoms with Crippen LogP contribution < -0.4 is 0 Å². The molecule has 94 valence electrons. The molecule has 0 fully saturated rings. The van der Waals surface area contributed by atoms with Gasteiger partial charge in [-0.3, -0.25) is 0 Å². The summed E-state index contributed by atoms with van der Waals surface area (Å²) in [6.07, 6.45) is 3.95. The van der Waals surface area contributed by atoms with Gasteiger partial charge in [-0.1, -0.05) is 58.4 Å². The fourth-order valence-corrected chi connectivity index (χ4v) is 2.36. The zero-order chi connectivity index (χ0) is 13.1. The Balaban J connectivity index is 1.92. The molecule has 2 aromatic carbocycles. The number of aromatic nitrogens is 2. The summed E-state index contributed by atoms with van der Waals surface area (Å²) in [6.45, 7) is 0. The fourth-order valence-electron chi connectivity index (χ4n) is 1.98. The van der Waals surface area contributed by atoms with Gasteiger partial charge in [-0.05, 0) is 23.3 Å². The first-order valence-electron chi connectivity index (χ1n) is 6.12. The average Bonchev–Trinajstić information content (AvgIpc) is 2.98. The second-order valence-electron chi connectivity index (χ2n) is 4.34. The van der Waals surface area contributed by atoms with E-state index in [2.05, 4.69) is 63.6 Å². The van der Waals surface area contributed by atoms with E-state index >= 15 is 0 Å². The molecule has 0 unspecified atom stereocenters. The molecule has 0 saturated carbocycles. The molecular weight excluding hydrogens is 300 g/mol. The summed E-state index contributed by atoms with van der Waals surface area (Å²) >= 11 is 3.45. The van der Waals surface area contributed by atoms with Crippen molar-refractivity contribution in [2.45, 2.75) is 5.33 Å². The van der Waals surface area contributed by atoms with E-state index in [0.29, 0.717) is 0 Å². The van der Waals surface area contributed by atoms with Gasteiger partial charge in [-0.25, -0.2) is 4.68 Å². The lowest BCUT2D eigenvalue weighted by Gasteiger charge is -2.02. The third-order valence-corrected chi connectivity index (χ3v) is 3.69. The topological polar surface area (TPSA) is 17.8 Å². The molecule has 1 aromatic heterocycles. The molecule has 0 bridgehead atoms. The number of benzene rings is 2. The first-order valence-corrected chi connectivity index (χ1v) is 7.24. The van der Waals surface area contributed by atoms with Crippen molar-refractivity contribution in [1.82, 2.24) is 9.78 Å². The monoisotopic (exact) mass is 312 g/mol. The van der Waals surface area contributed by atoms with E-state index in [9.17, 15) is 0 Å². The first-order chi connectivity index (χ1) is 9.36. The molecule has 0 spiro atoms. The molecule has 0 atom stereocenters. The van der Waals surface area contributed by atoms with Gasteiger partial charge in [0.1, 0.15) is 0 Å². The van der Waals surface area contributed by atoms with Gasteiger partial charge in [0.2, 0.25) is 0 Å². The lowest BCUT2D eigenvalue weighted by molar-refractivity contribution is 0.880. The maximum atomic E-state index is 4.42. The van der Waals surface area contributed by atoms with Crippen molar-refractivity contribution in [3.8, 4) is 16.8 Å². The highest BCUT2D eigenvalue weighted by Gasteiger charge is 2.02. The molecule has 3 rings (SSSR count). The van der Waals surface area contributed by atoms with Gasteiger partial charge in [0, 0.05) is 17.1 Å². The highest BCUT2D eigenvalue weighted by Crippen LogP contribution is 2.20. The van der Waals surface area contributed by atoms with Crippen molar-refractivity contribution < 1.29 is 0 Å². The minimum absolute atomic E-state index is 0.877. The van der Waals surface area contributed by atoms with Crippen molar-refractivity contribution in [1.29, 1.82) is 0 Å². The fraction of sp³-hybridized carbons (Fsp3) is 0.0625. The summed E-state index contributed by atoms with van der Waals surface area (Å²) in [5.74, 6) is 0. The Labute approximate surface area is 120 Å². The van der Waals surface area contributed by atoms with Crippen molar-refractivity contribution in [2.75, 3.05) is 0 Å². The lowest BCUT2D eigenvalue weighted by atomic mass is 10.1. The molecular formula is C16H13BrN2. The highest BCUT2D eigenvalue weighted by molar-refractivity contribution is 9.08. The van der Waals surface area contributed by atoms with Gasteiger partial charge in [-0.15, -0.1) is 0 Å². The van der Waals surface area contributed by atoms with Crippen molar-refractivity contribution in [3.05, 3.63) is 72.6 Å². The van der Waals surface area contributed by atoms with E-state index in [0.717, 1.165) is 16.6 Å². The van der Waals surface area contributed by atoms with Crippen molar-refractivity contribution >= 4 is 15.9 Å². The summed E-state index contributed by atoms with van der Waals surface area (Å²) in [5, 5.41) is 5.30. The van der Waals surface area contributed by atoms with E-state index in [1.807, 2.05) is 29.1 Å². The van der Waals surface area contributed by atoms with Gasteiger partial charge in [0.15, 0.2) is 0 Å². The third kappa shape index (κ3) is 2.61. The van der Waals surface area contributed by atoms with Crippen LogP contribution in [0.2, 0.25) is 0 Å². The minimum atomic E-state index is 0.877. The molecule has 0 aliphatic carbocycles. The molecule has 0 saturated heterocycles. The van der Waals surface area contributed by atoms with Gasteiger partial charge >= 0.3 is 0 Å². The van der Waals surface area contributed by atoms with Crippen LogP contribution in [0.4, 0.5) is 0 Å². The maximum Gasteiger partial charge on any atom is 0.0646 e. The molecule has 19 heavy (non-hydrogen) atoms. The smallest absolute Gasteiger partial charge is 0.0646 e. The molecule has 0 radical (unpaired) electrons. The van der Waals surface area contributed by atoms with Crippen LogP contribution in [-0.2, 0) is 5.33 Å². The number of alkyl halides is 1. The maximum absolute atomic E-state index is 4.42. The van der Waals surface area contributed by atoms with Crippen LogP contribution in [0.25, 0.3) is 16.8 Å². The average molecular weight is 313 g/mol. The van der Waals surface area contributed by atoms with E-state index < -0.39 is 0 Å². The third-order valence-electron chi connectivity index (χ3n) is 3.04. The predicted molar refractivity (Wildman–Crippen MR) is 81.6 cm³/mol. The van der Waals surface area contributed by atoms with E-state index in [-0.39, 0.29) is 0 Å². The second kappa shape index (κ2) is 5.41. The van der Waals surface area contributed by atoms with Gasteiger partial charge < -0.3 is 0 Å². The van der Waals surface area contributed by atoms with Crippen LogP contribution in [-0.4, -0.2) is 9.78 Å². The standard InChI is InChI=1S/C16H13BrN2/c17-10-13-6-8-16(9-7-13)19-12-15(11-18-19)14-4-2-1-3-5-14/h1-9,11-12H,10H2. The SMILES string of the molecule is BrCc1ccc(-n2cc(-c3ccccc3)cn2)cc1. The molecule has 2 nitrogen and oxygen atoms in total. The molecule has 0 N–H and O–H groups in total. The van der Waals surface area contributed by atoms with Crippen LogP contribution in [0.1, 0.15) is 5.56 Å².